The molecule has 1 aromatic heterocycles. The van der Waals surface area contributed by atoms with Crippen molar-refractivity contribution in [2.45, 2.75) is 19.9 Å². The lowest BCUT2D eigenvalue weighted by atomic mass is 10.1. The highest BCUT2D eigenvalue weighted by molar-refractivity contribution is 6.31. The Kier molecular flexibility index (Phi) is 3.62. The van der Waals surface area contributed by atoms with E-state index in [-0.39, 0.29) is 5.78 Å². The van der Waals surface area contributed by atoms with E-state index in [1.807, 2.05) is 6.92 Å². The molecule has 0 saturated carbocycles. The van der Waals surface area contributed by atoms with Gasteiger partial charge in [0.15, 0.2) is 0 Å². The number of aryl methyl sites for hydroxylation is 1. The lowest BCUT2D eigenvalue weighted by Gasteiger charge is -2.06. The summed E-state index contributed by atoms with van der Waals surface area (Å²) in [5.41, 5.74) is 7.01. The van der Waals surface area contributed by atoms with Gasteiger partial charge in [0.2, 0.25) is 5.78 Å². The van der Waals surface area contributed by atoms with Crippen LogP contribution in [-0.4, -0.2) is 20.8 Å². The second-order valence-electron chi connectivity index (χ2n) is 3.90. The van der Waals surface area contributed by atoms with Gasteiger partial charge in [-0.15, -0.1) is 5.10 Å². The van der Waals surface area contributed by atoms with Crippen LogP contribution in [0, 0.1) is 0 Å². The van der Waals surface area contributed by atoms with E-state index in [1.54, 1.807) is 22.9 Å². The number of benzene rings is 1. The van der Waals surface area contributed by atoms with Crippen LogP contribution in [0.5, 0.6) is 0 Å². The van der Waals surface area contributed by atoms with Crippen LogP contribution in [0.25, 0.3) is 0 Å². The highest BCUT2D eigenvalue weighted by Crippen LogP contribution is 2.20. The average Bonchev–Trinajstić information content (AvgIpc) is 2.77. The van der Waals surface area contributed by atoms with Crippen molar-refractivity contribution >= 4 is 23.1 Å². The van der Waals surface area contributed by atoms with Crippen molar-refractivity contribution in [3.05, 3.63) is 40.7 Å². The van der Waals surface area contributed by atoms with Crippen LogP contribution >= 0.6 is 11.6 Å². The summed E-state index contributed by atoms with van der Waals surface area (Å²) in [6.07, 6.45) is 2.33. The quantitative estimate of drug-likeness (QED) is 0.678. The summed E-state index contributed by atoms with van der Waals surface area (Å²) in [6, 6.07) is 4.81. The lowest BCUT2D eigenvalue weighted by molar-refractivity contribution is 0.102. The topological polar surface area (TPSA) is 73.8 Å². The van der Waals surface area contributed by atoms with Gasteiger partial charge in [0.25, 0.3) is 0 Å². The van der Waals surface area contributed by atoms with E-state index in [0.717, 1.165) is 6.42 Å². The smallest absolute Gasteiger partial charge is 0.214 e. The van der Waals surface area contributed by atoms with Crippen molar-refractivity contribution in [2.75, 3.05) is 5.73 Å². The molecule has 6 heteroatoms. The van der Waals surface area contributed by atoms with Gasteiger partial charge in [0, 0.05) is 22.8 Å². The van der Waals surface area contributed by atoms with Crippen LogP contribution < -0.4 is 5.73 Å². The molecule has 0 aliphatic rings. The molecular formula is C12H13ClN4O. The molecule has 1 heterocycles. The van der Waals surface area contributed by atoms with E-state index < -0.39 is 0 Å². The highest BCUT2D eigenvalue weighted by atomic mass is 35.5. The van der Waals surface area contributed by atoms with Gasteiger partial charge in [-0.1, -0.05) is 23.7 Å². The Morgan fingerprint density at radius 1 is 1.50 bits per heavy atom. The summed E-state index contributed by atoms with van der Waals surface area (Å²) in [5.74, 6) is -0.192. The van der Waals surface area contributed by atoms with Gasteiger partial charge >= 0.3 is 0 Å². The molecule has 94 valence electrons. The number of ketones is 1. The number of carbonyl (C=O) groups excluding carboxylic acids is 1. The number of anilines is 1. The minimum absolute atomic E-state index is 0.192. The van der Waals surface area contributed by atoms with E-state index in [2.05, 4.69) is 10.3 Å². The molecule has 2 aromatic rings. The largest absolute Gasteiger partial charge is 0.398 e. The zero-order valence-electron chi connectivity index (χ0n) is 9.93. The molecule has 0 amide bonds. The molecule has 5 nitrogen and oxygen atoms in total. The van der Waals surface area contributed by atoms with Gasteiger partial charge in [-0.05, 0) is 24.6 Å². The van der Waals surface area contributed by atoms with Crippen LogP contribution in [-0.2, 0) is 6.54 Å². The van der Waals surface area contributed by atoms with Gasteiger partial charge in [0.1, 0.15) is 5.69 Å². The maximum atomic E-state index is 12.3. The highest BCUT2D eigenvalue weighted by Gasteiger charge is 2.17. The minimum Gasteiger partial charge on any atom is -0.398 e. The molecule has 0 saturated heterocycles. The summed E-state index contributed by atoms with van der Waals surface area (Å²) in [7, 11) is 0. The first-order chi connectivity index (χ1) is 8.63. The Labute approximate surface area is 110 Å². The van der Waals surface area contributed by atoms with Crippen molar-refractivity contribution < 1.29 is 4.79 Å². The number of halogens is 1. The molecule has 1 aromatic carbocycles. The molecule has 2 N–H and O–H groups in total. The number of aromatic nitrogens is 3. The third kappa shape index (κ3) is 2.36. The summed E-state index contributed by atoms with van der Waals surface area (Å²) in [5, 5.41) is 8.14. The molecule has 0 radical (unpaired) electrons. The number of hydrogen-bond acceptors (Lipinski definition) is 4. The lowest BCUT2D eigenvalue weighted by Crippen LogP contribution is -2.13. The van der Waals surface area contributed by atoms with Crippen molar-refractivity contribution in [3.63, 3.8) is 0 Å². The first-order valence-electron chi connectivity index (χ1n) is 5.61. The van der Waals surface area contributed by atoms with Crippen molar-refractivity contribution in [3.8, 4) is 0 Å². The van der Waals surface area contributed by atoms with Crippen LogP contribution in [0.15, 0.2) is 24.4 Å². The van der Waals surface area contributed by atoms with Crippen LogP contribution in [0.1, 0.15) is 29.4 Å². The normalized spacial score (nSPS) is 10.6. The van der Waals surface area contributed by atoms with Crippen molar-refractivity contribution in [1.29, 1.82) is 0 Å². The Morgan fingerprint density at radius 3 is 2.94 bits per heavy atom. The molecule has 0 aliphatic heterocycles. The number of hydrogen-bond donors (Lipinski definition) is 1. The fraction of sp³-hybridized carbons (Fsp3) is 0.250. The first kappa shape index (κ1) is 12.6. The van der Waals surface area contributed by atoms with Gasteiger partial charge in [-0.25, -0.2) is 4.68 Å². The maximum Gasteiger partial charge on any atom is 0.214 e. The van der Waals surface area contributed by atoms with Crippen molar-refractivity contribution in [2.24, 2.45) is 0 Å². The molecule has 0 spiro atoms. The molecule has 2 rings (SSSR count). The summed E-state index contributed by atoms with van der Waals surface area (Å²) in [4.78, 5) is 12.3. The van der Waals surface area contributed by atoms with Gasteiger partial charge in [-0.2, -0.15) is 0 Å². The van der Waals surface area contributed by atoms with Crippen molar-refractivity contribution in [1.82, 2.24) is 15.0 Å². The SMILES string of the molecule is CCCn1nncc1C(=O)c1ccc(Cl)cc1N. The van der Waals surface area contributed by atoms with E-state index in [0.29, 0.717) is 28.5 Å². The zero-order valence-corrected chi connectivity index (χ0v) is 10.7. The maximum absolute atomic E-state index is 12.3. The molecule has 0 unspecified atom stereocenters. The minimum atomic E-state index is -0.192. The fourth-order valence-corrected chi connectivity index (χ4v) is 1.87. The number of nitrogens with two attached hydrogens (primary N) is 1. The van der Waals surface area contributed by atoms with Gasteiger partial charge < -0.3 is 5.73 Å². The van der Waals surface area contributed by atoms with E-state index in [1.165, 1.54) is 6.20 Å². The van der Waals surface area contributed by atoms with Crippen LogP contribution in [0.2, 0.25) is 5.02 Å². The molecule has 0 fully saturated rings. The monoisotopic (exact) mass is 264 g/mol. The number of nitrogen functional groups attached to an aromatic ring is 1. The summed E-state index contributed by atoms with van der Waals surface area (Å²) in [6.45, 7) is 2.65. The van der Waals surface area contributed by atoms with Gasteiger partial charge in [-0.3, -0.25) is 4.79 Å². The average molecular weight is 265 g/mol. The molecule has 18 heavy (non-hydrogen) atoms. The third-order valence-corrected chi connectivity index (χ3v) is 2.78. The summed E-state index contributed by atoms with van der Waals surface area (Å²) < 4.78 is 1.58. The van der Waals surface area contributed by atoms with E-state index in [9.17, 15) is 4.79 Å². The fourth-order valence-electron chi connectivity index (χ4n) is 1.69. The first-order valence-corrected chi connectivity index (χ1v) is 5.99. The summed E-state index contributed by atoms with van der Waals surface area (Å²) >= 11 is 5.81. The second-order valence-corrected chi connectivity index (χ2v) is 4.34. The third-order valence-electron chi connectivity index (χ3n) is 2.54. The predicted octanol–water partition coefficient (Wildman–Crippen LogP) is 2.15. The standard InChI is InChI=1S/C12H13ClN4O/c1-2-5-17-11(7-15-16-17)12(18)9-4-3-8(13)6-10(9)14/h3-4,6-7H,2,5,14H2,1H3. The molecule has 0 atom stereocenters. The zero-order chi connectivity index (χ0) is 13.1. The number of rotatable bonds is 4. The van der Waals surface area contributed by atoms with E-state index >= 15 is 0 Å². The second kappa shape index (κ2) is 5.18. The Hall–Kier alpha value is -1.88. The van der Waals surface area contributed by atoms with Crippen LogP contribution in [0.4, 0.5) is 5.69 Å². The predicted molar refractivity (Wildman–Crippen MR) is 69.6 cm³/mol. The number of nitrogens with zero attached hydrogens (tertiary/aromatic N) is 3. The van der Waals surface area contributed by atoms with E-state index in [4.69, 9.17) is 17.3 Å². The molecule has 0 aliphatic carbocycles. The molecular weight excluding hydrogens is 252 g/mol. The Bertz CT molecular complexity index is 579. The Balaban J connectivity index is 2.38. The van der Waals surface area contributed by atoms with Crippen LogP contribution in [0.3, 0.4) is 0 Å². The molecule has 0 bridgehead atoms. The number of carbonyl (C=O) groups is 1. The Morgan fingerprint density at radius 2 is 2.28 bits per heavy atom. The van der Waals surface area contributed by atoms with Gasteiger partial charge in [0.05, 0.1) is 6.20 Å².